The largest absolute Gasteiger partial charge is 0.358 e. The summed E-state index contributed by atoms with van der Waals surface area (Å²) in [6, 6.07) is 2.81. The average molecular weight is 353 g/mol. The van der Waals surface area contributed by atoms with E-state index in [0.29, 0.717) is 0 Å². The van der Waals surface area contributed by atoms with Gasteiger partial charge in [-0.3, -0.25) is 9.59 Å². The Kier molecular flexibility index (Phi) is 5.37. The zero-order valence-electron chi connectivity index (χ0n) is 13.0. The van der Waals surface area contributed by atoms with Gasteiger partial charge in [0.25, 0.3) is 5.91 Å². The lowest BCUT2D eigenvalue weighted by molar-refractivity contribution is -0.392. The monoisotopic (exact) mass is 353 g/mol. The quantitative estimate of drug-likeness (QED) is 0.596. The second-order valence-corrected chi connectivity index (χ2v) is 4.96. The average Bonchev–Trinajstić information content (AvgIpc) is 2.90. The minimum Gasteiger partial charge on any atom is -0.358 e. The number of imidazole rings is 1. The number of amides is 2. The summed E-state index contributed by atoms with van der Waals surface area (Å²) in [6.07, 6.45) is 1.03. The highest BCUT2D eigenvalue weighted by Gasteiger charge is 2.20. The van der Waals surface area contributed by atoms with Crippen LogP contribution in [0.1, 0.15) is 5.82 Å². The van der Waals surface area contributed by atoms with Gasteiger partial charge in [-0.05, 0) is 17.1 Å². The first-order valence-electron chi connectivity index (χ1n) is 6.96. The first kappa shape index (κ1) is 18.0. The molecule has 2 rings (SSSR count). The SMILES string of the molecule is Cc1ncc([N+](=O)[O-])n1CC(=O)NCC(=O)Nc1ccc(F)c(F)c1. The molecule has 1 aromatic carbocycles. The number of carbonyl (C=O) groups excluding carboxylic acids is 2. The molecule has 25 heavy (non-hydrogen) atoms. The van der Waals surface area contributed by atoms with E-state index in [4.69, 9.17) is 0 Å². The van der Waals surface area contributed by atoms with Crippen molar-refractivity contribution in [1.29, 1.82) is 0 Å². The highest BCUT2D eigenvalue weighted by Crippen LogP contribution is 2.14. The van der Waals surface area contributed by atoms with Gasteiger partial charge in [0.05, 0.1) is 6.54 Å². The van der Waals surface area contributed by atoms with Gasteiger partial charge in [-0.25, -0.2) is 18.3 Å². The molecular weight excluding hydrogens is 340 g/mol. The fourth-order valence-electron chi connectivity index (χ4n) is 1.95. The van der Waals surface area contributed by atoms with Crippen LogP contribution in [0.4, 0.5) is 20.3 Å². The summed E-state index contributed by atoms with van der Waals surface area (Å²) >= 11 is 0. The normalized spacial score (nSPS) is 10.4. The molecule has 0 atom stereocenters. The summed E-state index contributed by atoms with van der Waals surface area (Å²) in [7, 11) is 0. The van der Waals surface area contributed by atoms with Crippen molar-refractivity contribution >= 4 is 23.3 Å². The topological polar surface area (TPSA) is 119 Å². The minimum atomic E-state index is -1.12. The minimum absolute atomic E-state index is 0.0271. The Morgan fingerprint density at radius 3 is 2.64 bits per heavy atom. The number of carbonyl (C=O) groups is 2. The van der Waals surface area contributed by atoms with Crippen molar-refractivity contribution in [3.05, 3.63) is 52.0 Å². The number of aryl methyl sites for hydroxylation is 1. The molecule has 0 radical (unpaired) electrons. The zero-order chi connectivity index (χ0) is 18.6. The molecule has 1 aromatic heterocycles. The number of hydrogen-bond acceptors (Lipinski definition) is 5. The third-order valence-electron chi connectivity index (χ3n) is 3.17. The zero-order valence-corrected chi connectivity index (χ0v) is 13.0. The molecule has 0 unspecified atom stereocenters. The molecule has 0 aliphatic heterocycles. The van der Waals surface area contributed by atoms with Crippen LogP contribution in [0, 0.1) is 28.7 Å². The van der Waals surface area contributed by atoms with E-state index in [1.54, 1.807) is 0 Å². The van der Waals surface area contributed by atoms with Gasteiger partial charge in [0, 0.05) is 18.7 Å². The second kappa shape index (κ2) is 7.47. The number of nitrogens with one attached hydrogen (secondary N) is 2. The lowest BCUT2D eigenvalue weighted by Gasteiger charge is -2.07. The lowest BCUT2D eigenvalue weighted by atomic mass is 10.3. The highest BCUT2D eigenvalue weighted by atomic mass is 19.2. The van der Waals surface area contributed by atoms with Crippen LogP contribution in [0.5, 0.6) is 0 Å². The molecule has 0 saturated heterocycles. The maximum atomic E-state index is 13.0. The van der Waals surface area contributed by atoms with Gasteiger partial charge in [0.2, 0.25) is 5.91 Å². The number of benzene rings is 1. The van der Waals surface area contributed by atoms with Crippen LogP contribution in [0.15, 0.2) is 24.4 Å². The summed E-state index contributed by atoms with van der Waals surface area (Å²) in [5.41, 5.74) is 0.0271. The van der Waals surface area contributed by atoms with Crippen molar-refractivity contribution in [3.8, 4) is 0 Å². The predicted octanol–water partition coefficient (Wildman–Crippen LogP) is 1.13. The summed E-state index contributed by atoms with van der Waals surface area (Å²) in [4.78, 5) is 37.4. The molecule has 132 valence electrons. The Morgan fingerprint density at radius 2 is 2.00 bits per heavy atom. The molecular formula is C14H13F2N5O4. The second-order valence-electron chi connectivity index (χ2n) is 4.96. The summed E-state index contributed by atoms with van der Waals surface area (Å²) in [6.45, 7) is 0.663. The van der Waals surface area contributed by atoms with E-state index in [1.807, 2.05) is 0 Å². The van der Waals surface area contributed by atoms with E-state index in [0.717, 1.165) is 29.0 Å². The van der Waals surface area contributed by atoms with Crippen LogP contribution in [-0.4, -0.2) is 32.8 Å². The Labute approximate surface area is 139 Å². The number of nitrogens with zero attached hydrogens (tertiary/aromatic N) is 3. The van der Waals surface area contributed by atoms with E-state index >= 15 is 0 Å². The van der Waals surface area contributed by atoms with E-state index in [9.17, 15) is 28.5 Å². The van der Waals surface area contributed by atoms with E-state index in [1.165, 1.54) is 6.92 Å². The Bertz CT molecular complexity index is 837. The van der Waals surface area contributed by atoms with Gasteiger partial charge in [0.1, 0.15) is 6.20 Å². The van der Waals surface area contributed by atoms with Crippen LogP contribution in [0.3, 0.4) is 0 Å². The molecule has 2 aromatic rings. The summed E-state index contributed by atoms with van der Waals surface area (Å²) in [5.74, 6) is -3.57. The molecule has 2 amide bonds. The molecule has 0 saturated carbocycles. The molecule has 1 heterocycles. The van der Waals surface area contributed by atoms with Gasteiger partial charge in [-0.2, -0.15) is 0 Å². The van der Waals surface area contributed by atoms with Crippen molar-refractivity contribution in [2.75, 3.05) is 11.9 Å². The summed E-state index contributed by atoms with van der Waals surface area (Å²) in [5, 5.41) is 15.4. The van der Waals surface area contributed by atoms with E-state index in [-0.39, 0.29) is 23.9 Å². The molecule has 9 nitrogen and oxygen atoms in total. The number of anilines is 1. The third-order valence-corrected chi connectivity index (χ3v) is 3.17. The van der Waals surface area contributed by atoms with Gasteiger partial charge in [0.15, 0.2) is 24.0 Å². The van der Waals surface area contributed by atoms with Crippen molar-refractivity contribution in [1.82, 2.24) is 14.9 Å². The van der Waals surface area contributed by atoms with Crippen LogP contribution in [0.2, 0.25) is 0 Å². The van der Waals surface area contributed by atoms with Crippen molar-refractivity contribution in [2.45, 2.75) is 13.5 Å². The molecule has 0 aliphatic carbocycles. The van der Waals surface area contributed by atoms with Gasteiger partial charge >= 0.3 is 5.82 Å². The van der Waals surface area contributed by atoms with Crippen molar-refractivity contribution in [2.24, 2.45) is 0 Å². The lowest BCUT2D eigenvalue weighted by Crippen LogP contribution is -2.35. The first-order valence-corrected chi connectivity index (χ1v) is 6.96. The molecule has 0 fully saturated rings. The molecule has 2 N–H and O–H groups in total. The number of aromatic nitrogens is 2. The van der Waals surface area contributed by atoms with Crippen molar-refractivity contribution in [3.63, 3.8) is 0 Å². The number of hydrogen-bond donors (Lipinski definition) is 2. The maximum Gasteiger partial charge on any atom is 0.343 e. The fraction of sp³-hybridized carbons (Fsp3) is 0.214. The van der Waals surface area contributed by atoms with Gasteiger partial charge in [-0.1, -0.05) is 0 Å². The Hall–Kier alpha value is -3.37. The Balaban J connectivity index is 1.89. The smallest absolute Gasteiger partial charge is 0.343 e. The standard InChI is InChI=1S/C14H13F2N5O4/c1-8-17-6-14(21(24)25)20(8)7-13(23)18-5-12(22)19-9-2-3-10(15)11(16)4-9/h2-4,6H,5,7H2,1H3,(H,18,23)(H,19,22). The first-order chi connectivity index (χ1) is 11.8. The highest BCUT2D eigenvalue weighted by molar-refractivity contribution is 5.94. The van der Waals surface area contributed by atoms with Crippen LogP contribution < -0.4 is 10.6 Å². The number of nitro groups is 1. The van der Waals surface area contributed by atoms with Gasteiger partial charge in [-0.15, -0.1) is 0 Å². The molecule has 11 heteroatoms. The maximum absolute atomic E-state index is 13.0. The molecule has 0 bridgehead atoms. The van der Waals surface area contributed by atoms with Crippen molar-refractivity contribution < 1.29 is 23.3 Å². The van der Waals surface area contributed by atoms with Crippen LogP contribution >= 0.6 is 0 Å². The summed E-state index contributed by atoms with van der Waals surface area (Å²) < 4.78 is 26.9. The predicted molar refractivity (Wildman–Crippen MR) is 81.6 cm³/mol. The van der Waals surface area contributed by atoms with E-state index < -0.39 is 34.9 Å². The number of rotatable bonds is 6. The van der Waals surface area contributed by atoms with Crippen LogP contribution in [0.25, 0.3) is 0 Å². The van der Waals surface area contributed by atoms with Gasteiger partial charge < -0.3 is 20.7 Å². The third kappa shape index (κ3) is 4.56. The number of halogens is 2. The Morgan fingerprint density at radius 1 is 1.28 bits per heavy atom. The molecule has 0 spiro atoms. The van der Waals surface area contributed by atoms with Crippen LogP contribution in [-0.2, 0) is 16.1 Å². The molecule has 0 aliphatic rings. The fourth-order valence-corrected chi connectivity index (χ4v) is 1.95. The van der Waals surface area contributed by atoms with E-state index in [2.05, 4.69) is 15.6 Å².